The van der Waals surface area contributed by atoms with Gasteiger partial charge in [-0.1, -0.05) is 17.4 Å². The molecule has 7 atom stereocenters. The zero-order chi connectivity index (χ0) is 29.6. The lowest BCUT2D eigenvalue weighted by molar-refractivity contribution is -0.123. The highest BCUT2D eigenvalue weighted by Crippen LogP contribution is 2.69. The van der Waals surface area contributed by atoms with E-state index in [1.54, 1.807) is 35.2 Å². The van der Waals surface area contributed by atoms with Gasteiger partial charge in [0.15, 0.2) is 0 Å². The third-order valence-electron chi connectivity index (χ3n) is 9.34. The normalized spacial score (nSPS) is 28.6. The second-order valence-electron chi connectivity index (χ2n) is 11.5. The molecule has 0 radical (unpaired) electrons. The molecule has 2 N–H and O–H groups in total. The molecule has 8 nitrogen and oxygen atoms in total. The lowest BCUT2D eigenvalue weighted by atomic mass is 9.69. The maximum atomic E-state index is 13.8. The zero-order valence-electron chi connectivity index (χ0n) is 22.4. The Kier molecular flexibility index (Phi) is 6.18. The van der Waals surface area contributed by atoms with Crippen LogP contribution in [-0.2, 0) is 20.9 Å². The number of halogens is 1. The molecule has 7 unspecified atom stereocenters. The summed E-state index contributed by atoms with van der Waals surface area (Å²) in [6.45, 7) is -0.164. The van der Waals surface area contributed by atoms with Crippen LogP contribution in [0.4, 0.5) is 15.8 Å². The van der Waals surface area contributed by atoms with Crippen molar-refractivity contribution in [2.24, 2.45) is 29.6 Å². The summed E-state index contributed by atoms with van der Waals surface area (Å²) in [7, 11) is 0. The van der Waals surface area contributed by atoms with E-state index < -0.39 is 17.7 Å². The highest BCUT2D eigenvalue weighted by molar-refractivity contribution is 8.00. The molecule has 2 aliphatic heterocycles. The fraction of sp³-hybridized carbons (Fsp3) is 0.290. The van der Waals surface area contributed by atoms with Gasteiger partial charge in [-0.3, -0.25) is 28.6 Å². The zero-order valence-corrected chi connectivity index (χ0v) is 24.8. The van der Waals surface area contributed by atoms with Crippen molar-refractivity contribution in [3.8, 4) is 5.75 Å². The number of thiazole rings is 1. The number of amides is 3. The number of phenolic OH excluding ortho intramolecular Hbond substituents is 1. The smallest absolute Gasteiger partial charge is 0.308 e. The first kappa shape index (κ1) is 26.9. The van der Waals surface area contributed by atoms with E-state index in [1.165, 1.54) is 45.9 Å². The van der Waals surface area contributed by atoms with Gasteiger partial charge in [0.25, 0.3) is 0 Å². The molecule has 8 rings (SSSR count). The number of aromatic nitrogens is 1. The molecular formula is C31H24FN3O5S3. The fourth-order valence-corrected chi connectivity index (χ4v) is 11.9. The molecule has 4 aromatic rings. The van der Waals surface area contributed by atoms with Crippen molar-refractivity contribution < 1.29 is 23.9 Å². The Morgan fingerprint density at radius 1 is 0.977 bits per heavy atom. The molecule has 12 heteroatoms. The average Bonchev–Trinajstić information content (AvgIpc) is 3.81. The molecule has 3 fully saturated rings. The van der Waals surface area contributed by atoms with E-state index >= 15 is 0 Å². The number of hydrogen-bond donors (Lipinski definition) is 2. The summed E-state index contributed by atoms with van der Waals surface area (Å²) in [5.74, 6) is -2.20. The molecule has 43 heavy (non-hydrogen) atoms. The van der Waals surface area contributed by atoms with Crippen molar-refractivity contribution in [2.45, 2.75) is 29.2 Å². The number of benzene rings is 2. The van der Waals surface area contributed by atoms with Gasteiger partial charge in [-0.05, 0) is 84.2 Å². The first-order valence-electron chi connectivity index (χ1n) is 14.0. The van der Waals surface area contributed by atoms with Gasteiger partial charge in [0.05, 0.1) is 22.5 Å². The number of thioether (sulfide) groups is 1. The Bertz CT molecular complexity index is 1840. The number of hydrogen-bond acceptors (Lipinski definition) is 8. The summed E-state index contributed by atoms with van der Waals surface area (Å²) in [6.07, 6.45) is 0.759. The van der Waals surface area contributed by atoms with Gasteiger partial charge in [-0.2, -0.15) is 0 Å². The van der Waals surface area contributed by atoms with E-state index in [-0.39, 0.29) is 63.8 Å². The largest absolute Gasteiger partial charge is 0.508 e. The fourth-order valence-electron chi connectivity index (χ4n) is 7.77. The number of carbonyl (C=O) groups excluding carboxylic acids is 3. The van der Waals surface area contributed by atoms with Crippen LogP contribution in [0.1, 0.15) is 22.1 Å². The van der Waals surface area contributed by atoms with Crippen LogP contribution in [0.2, 0.25) is 0 Å². The third-order valence-corrected chi connectivity index (χ3v) is 13.1. The molecule has 2 aromatic heterocycles. The van der Waals surface area contributed by atoms with Crippen molar-refractivity contribution >= 4 is 63.5 Å². The molecule has 4 aliphatic rings. The summed E-state index contributed by atoms with van der Waals surface area (Å²) in [4.78, 5) is 57.1. The number of thiophene rings is 1. The van der Waals surface area contributed by atoms with Crippen LogP contribution in [0.3, 0.4) is 0 Å². The SMILES string of the molecule is O=C(Cn1c2c(sc1=O)C(c1cccs1)C1C3CC(C1S2)C1C(=O)N(c2ccc(F)cc2)C(=O)C31)Nc1ccc(O)cc1. The number of anilines is 2. The minimum atomic E-state index is -0.460. The van der Waals surface area contributed by atoms with Crippen molar-refractivity contribution in [1.29, 1.82) is 0 Å². The van der Waals surface area contributed by atoms with Gasteiger partial charge in [0.2, 0.25) is 17.7 Å². The molecule has 218 valence electrons. The molecule has 3 amide bonds. The van der Waals surface area contributed by atoms with Gasteiger partial charge in [-0.25, -0.2) is 4.39 Å². The highest BCUT2D eigenvalue weighted by Gasteiger charge is 2.70. The van der Waals surface area contributed by atoms with Crippen molar-refractivity contribution in [3.05, 3.63) is 91.3 Å². The van der Waals surface area contributed by atoms with Crippen LogP contribution in [0, 0.1) is 35.4 Å². The minimum Gasteiger partial charge on any atom is -0.508 e. The number of imide groups is 1. The van der Waals surface area contributed by atoms with Crippen LogP contribution in [0.15, 0.2) is 75.9 Å². The topological polar surface area (TPSA) is 109 Å². The second-order valence-corrected chi connectivity index (χ2v) is 14.6. The van der Waals surface area contributed by atoms with E-state index in [2.05, 4.69) is 11.4 Å². The molecule has 2 aliphatic carbocycles. The second kappa shape index (κ2) is 9.90. The standard InChI is InChI=1S/C31H24FN3O5S3/c32-14-3-7-16(8-4-14)35-28(38)23-18-12-19(24(23)29(35)39)26-22(18)25(20-2-1-11-41-20)27-30(42-26)34(31(40)43-27)13-21(37)33-15-5-9-17(36)10-6-15/h1-11,18-19,22-26,36H,12-13H2,(H,33,37). The van der Waals surface area contributed by atoms with Crippen LogP contribution in [0.5, 0.6) is 5.75 Å². The highest BCUT2D eigenvalue weighted by atomic mass is 32.2. The predicted octanol–water partition coefficient (Wildman–Crippen LogP) is 5.13. The van der Waals surface area contributed by atoms with Gasteiger partial charge in [0, 0.05) is 26.6 Å². The summed E-state index contributed by atoms with van der Waals surface area (Å²) in [5.41, 5.74) is 0.904. The van der Waals surface area contributed by atoms with Crippen LogP contribution in [-0.4, -0.2) is 32.6 Å². The summed E-state index contributed by atoms with van der Waals surface area (Å²) in [5, 5.41) is 15.1. The Hall–Kier alpha value is -3.74. The molecule has 0 spiro atoms. The lowest BCUT2D eigenvalue weighted by Crippen LogP contribution is -2.43. The van der Waals surface area contributed by atoms with Gasteiger partial charge >= 0.3 is 4.87 Å². The van der Waals surface area contributed by atoms with E-state index in [4.69, 9.17) is 0 Å². The molecular weight excluding hydrogens is 610 g/mol. The van der Waals surface area contributed by atoms with Gasteiger partial charge < -0.3 is 10.4 Å². The maximum absolute atomic E-state index is 13.8. The van der Waals surface area contributed by atoms with E-state index in [0.717, 1.165) is 32.5 Å². The van der Waals surface area contributed by atoms with Crippen molar-refractivity contribution in [2.75, 3.05) is 10.2 Å². The lowest BCUT2D eigenvalue weighted by Gasteiger charge is -2.42. The number of phenols is 1. The van der Waals surface area contributed by atoms with Crippen molar-refractivity contribution in [3.63, 3.8) is 0 Å². The average molecular weight is 634 g/mol. The Morgan fingerprint density at radius 3 is 2.40 bits per heavy atom. The van der Waals surface area contributed by atoms with Gasteiger partial charge in [0.1, 0.15) is 18.1 Å². The maximum Gasteiger partial charge on any atom is 0.308 e. The number of rotatable bonds is 5. The molecule has 2 bridgehead atoms. The number of nitrogens with one attached hydrogen (secondary N) is 1. The number of aromatic hydroxyl groups is 1. The minimum absolute atomic E-state index is 0.00354. The quantitative estimate of drug-likeness (QED) is 0.233. The summed E-state index contributed by atoms with van der Waals surface area (Å²) < 4.78 is 15.2. The summed E-state index contributed by atoms with van der Waals surface area (Å²) >= 11 is 4.35. The Morgan fingerprint density at radius 2 is 1.70 bits per heavy atom. The molecule has 1 saturated heterocycles. The Labute approximate surface area is 257 Å². The number of carbonyl (C=O) groups is 3. The van der Waals surface area contributed by atoms with Crippen LogP contribution < -0.4 is 15.1 Å². The van der Waals surface area contributed by atoms with E-state index in [0.29, 0.717) is 11.4 Å². The van der Waals surface area contributed by atoms with Crippen molar-refractivity contribution in [1.82, 2.24) is 4.57 Å². The molecule has 2 aromatic carbocycles. The first-order chi connectivity index (χ1) is 20.8. The first-order valence-corrected chi connectivity index (χ1v) is 16.5. The van der Waals surface area contributed by atoms with Gasteiger partial charge in [-0.15, -0.1) is 23.1 Å². The van der Waals surface area contributed by atoms with Crippen LogP contribution >= 0.6 is 34.4 Å². The Balaban J connectivity index is 1.15. The number of nitrogens with zero attached hydrogens (tertiary/aromatic N) is 2. The monoisotopic (exact) mass is 633 g/mol. The van der Waals surface area contributed by atoms with E-state index in [9.17, 15) is 28.7 Å². The predicted molar refractivity (Wildman–Crippen MR) is 162 cm³/mol. The third kappa shape index (κ3) is 4.06. The molecule has 4 heterocycles. The number of fused-ring (bicyclic) bond motifs is 9. The molecule has 2 saturated carbocycles. The van der Waals surface area contributed by atoms with E-state index in [1.807, 2.05) is 11.4 Å². The van der Waals surface area contributed by atoms with Crippen LogP contribution in [0.25, 0.3) is 0 Å². The summed E-state index contributed by atoms with van der Waals surface area (Å²) in [6, 6.07) is 15.7.